The molecule has 0 radical (unpaired) electrons. The minimum absolute atomic E-state index is 0.115. The zero-order valence-electron chi connectivity index (χ0n) is 10.7. The van der Waals surface area contributed by atoms with Gasteiger partial charge in [-0.2, -0.15) is 5.26 Å². The highest BCUT2D eigenvalue weighted by Gasteiger charge is 2.23. The van der Waals surface area contributed by atoms with Gasteiger partial charge in [0.15, 0.2) is 0 Å². The fourth-order valence-corrected chi connectivity index (χ4v) is 2.80. The summed E-state index contributed by atoms with van der Waals surface area (Å²) in [6, 6.07) is 7.04. The molecule has 1 aromatic rings. The Kier molecular flexibility index (Phi) is 4.19. The number of rotatable bonds is 3. The van der Waals surface area contributed by atoms with Crippen LogP contribution in [0.25, 0.3) is 0 Å². The van der Waals surface area contributed by atoms with Crippen molar-refractivity contribution in [3.8, 4) is 6.07 Å². The van der Waals surface area contributed by atoms with E-state index in [1.807, 2.05) is 6.07 Å². The largest absolute Gasteiger partial charge is 0.382 e. The van der Waals surface area contributed by atoms with Gasteiger partial charge in [-0.05, 0) is 37.0 Å². The maximum atomic E-state index is 13.2. The number of halogens is 1. The summed E-state index contributed by atoms with van der Waals surface area (Å²) in [7, 11) is 0. The predicted molar refractivity (Wildman–Crippen MR) is 70.8 cm³/mol. The summed E-state index contributed by atoms with van der Waals surface area (Å²) in [5.74, 6) is 0.244. The molecule has 0 amide bonds. The SMILES string of the molecule is CCC1CCCCC1Nc1ccc(F)c(C#N)c1. The number of nitriles is 1. The van der Waals surface area contributed by atoms with E-state index in [9.17, 15) is 4.39 Å². The van der Waals surface area contributed by atoms with Crippen LogP contribution in [0.5, 0.6) is 0 Å². The number of hydrogen-bond acceptors (Lipinski definition) is 2. The number of benzene rings is 1. The number of nitrogens with one attached hydrogen (secondary N) is 1. The first kappa shape index (κ1) is 12.9. The van der Waals surface area contributed by atoms with Crippen LogP contribution in [-0.4, -0.2) is 6.04 Å². The van der Waals surface area contributed by atoms with E-state index in [1.165, 1.54) is 31.7 Å². The molecule has 3 heteroatoms. The Morgan fingerprint density at radius 1 is 1.39 bits per heavy atom. The molecule has 0 aromatic heterocycles. The lowest BCUT2D eigenvalue weighted by Crippen LogP contribution is -2.31. The molecule has 1 fully saturated rings. The van der Waals surface area contributed by atoms with Gasteiger partial charge in [0.05, 0.1) is 5.56 Å². The van der Waals surface area contributed by atoms with E-state index in [-0.39, 0.29) is 5.56 Å². The molecule has 0 heterocycles. The first-order valence-electron chi connectivity index (χ1n) is 6.70. The van der Waals surface area contributed by atoms with E-state index in [0.717, 1.165) is 12.1 Å². The van der Waals surface area contributed by atoms with Crippen molar-refractivity contribution in [1.82, 2.24) is 0 Å². The van der Waals surface area contributed by atoms with Crippen LogP contribution in [0.15, 0.2) is 18.2 Å². The number of hydrogen-bond donors (Lipinski definition) is 1. The van der Waals surface area contributed by atoms with Gasteiger partial charge < -0.3 is 5.32 Å². The van der Waals surface area contributed by atoms with Crippen molar-refractivity contribution < 1.29 is 4.39 Å². The zero-order chi connectivity index (χ0) is 13.0. The summed E-state index contributed by atoms with van der Waals surface area (Å²) in [5, 5.41) is 12.3. The molecule has 96 valence electrons. The first-order valence-corrected chi connectivity index (χ1v) is 6.70. The fourth-order valence-electron chi connectivity index (χ4n) is 2.80. The van der Waals surface area contributed by atoms with Crippen molar-refractivity contribution >= 4 is 5.69 Å². The van der Waals surface area contributed by atoms with Gasteiger partial charge in [-0.15, -0.1) is 0 Å². The summed E-state index contributed by atoms with van der Waals surface area (Å²) in [6.45, 7) is 2.22. The number of nitrogens with zero attached hydrogens (tertiary/aromatic N) is 1. The minimum Gasteiger partial charge on any atom is -0.382 e. The highest BCUT2D eigenvalue weighted by Crippen LogP contribution is 2.29. The molecule has 2 nitrogen and oxygen atoms in total. The molecule has 0 bridgehead atoms. The second-order valence-corrected chi connectivity index (χ2v) is 5.01. The summed E-state index contributed by atoms with van der Waals surface area (Å²) >= 11 is 0. The van der Waals surface area contributed by atoms with Gasteiger partial charge in [-0.3, -0.25) is 0 Å². The smallest absolute Gasteiger partial charge is 0.141 e. The second kappa shape index (κ2) is 5.86. The Bertz CT molecular complexity index is 450. The van der Waals surface area contributed by atoms with Crippen LogP contribution < -0.4 is 5.32 Å². The van der Waals surface area contributed by atoms with E-state index >= 15 is 0 Å². The topological polar surface area (TPSA) is 35.8 Å². The van der Waals surface area contributed by atoms with Crippen LogP contribution in [0.1, 0.15) is 44.6 Å². The molecular weight excluding hydrogens is 227 g/mol. The first-order chi connectivity index (χ1) is 8.74. The summed E-state index contributed by atoms with van der Waals surface area (Å²) in [6.07, 6.45) is 6.16. The third kappa shape index (κ3) is 2.81. The van der Waals surface area contributed by atoms with Gasteiger partial charge in [0, 0.05) is 11.7 Å². The molecule has 1 N–H and O–H groups in total. The lowest BCUT2D eigenvalue weighted by Gasteiger charge is -2.32. The van der Waals surface area contributed by atoms with Gasteiger partial charge >= 0.3 is 0 Å². The van der Waals surface area contributed by atoms with Gasteiger partial charge in [-0.25, -0.2) is 4.39 Å². The third-order valence-corrected chi connectivity index (χ3v) is 3.87. The van der Waals surface area contributed by atoms with Gasteiger partial charge in [0.25, 0.3) is 0 Å². The standard InChI is InChI=1S/C15H19FN2/c1-2-11-5-3-4-6-15(11)18-13-7-8-14(16)12(9-13)10-17/h7-9,11,15,18H,2-6H2,1H3. The highest BCUT2D eigenvalue weighted by atomic mass is 19.1. The fraction of sp³-hybridized carbons (Fsp3) is 0.533. The molecular formula is C15H19FN2. The second-order valence-electron chi connectivity index (χ2n) is 5.01. The molecule has 18 heavy (non-hydrogen) atoms. The van der Waals surface area contributed by atoms with E-state index in [4.69, 9.17) is 5.26 Å². The Hall–Kier alpha value is -1.56. The average Bonchev–Trinajstić information content (AvgIpc) is 2.41. The molecule has 2 unspecified atom stereocenters. The molecule has 2 atom stereocenters. The van der Waals surface area contributed by atoms with Crippen LogP contribution in [0, 0.1) is 23.1 Å². The van der Waals surface area contributed by atoms with Crippen molar-refractivity contribution in [3.63, 3.8) is 0 Å². The molecule has 0 aliphatic heterocycles. The zero-order valence-corrected chi connectivity index (χ0v) is 10.7. The van der Waals surface area contributed by atoms with Crippen LogP contribution in [0.2, 0.25) is 0 Å². The van der Waals surface area contributed by atoms with Crippen molar-refractivity contribution in [2.24, 2.45) is 5.92 Å². The monoisotopic (exact) mass is 246 g/mol. The van der Waals surface area contributed by atoms with Gasteiger partial charge in [-0.1, -0.05) is 26.2 Å². The molecule has 1 saturated carbocycles. The molecule has 2 rings (SSSR count). The van der Waals surface area contributed by atoms with Gasteiger partial charge in [0.1, 0.15) is 11.9 Å². The van der Waals surface area contributed by atoms with Crippen molar-refractivity contribution in [2.75, 3.05) is 5.32 Å². The molecule has 1 aliphatic rings. The van der Waals surface area contributed by atoms with Crippen LogP contribution in [0.3, 0.4) is 0 Å². The lowest BCUT2D eigenvalue weighted by molar-refractivity contribution is 0.317. The van der Waals surface area contributed by atoms with Crippen LogP contribution in [0.4, 0.5) is 10.1 Å². The highest BCUT2D eigenvalue weighted by molar-refractivity contribution is 5.50. The Labute approximate surface area is 108 Å². The maximum Gasteiger partial charge on any atom is 0.141 e. The average molecular weight is 246 g/mol. The van der Waals surface area contributed by atoms with Crippen molar-refractivity contribution in [1.29, 1.82) is 5.26 Å². The Balaban J connectivity index is 2.11. The molecule has 1 aromatic carbocycles. The van der Waals surface area contributed by atoms with Crippen molar-refractivity contribution in [3.05, 3.63) is 29.6 Å². The quantitative estimate of drug-likeness (QED) is 0.872. The minimum atomic E-state index is -0.446. The third-order valence-electron chi connectivity index (χ3n) is 3.87. The van der Waals surface area contributed by atoms with Crippen molar-refractivity contribution in [2.45, 2.75) is 45.1 Å². The van der Waals surface area contributed by atoms with E-state index < -0.39 is 5.82 Å². The molecule has 0 saturated heterocycles. The van der Waals surface area contributed by atoms with E-state index in [2.05, 4.69) is 12.2 Å². The summed E-state index contributed by atoms with van der Waals surface area (Å²) < 4.78 is 13.2. The molecule has 1 aliphatic carbocycles. The normalized spacial score (nSPS) is 23.4. The van der Waals surface area contributed by atoms with Crippen LogP contribution >= 0.6 is 0 Å². The van der Waals surface area contributed by atoms with Crippen LogP contribution in [-0.2, 0) is 0 Å². The number of anilines is 1. The maximum absolute atomic E-state index is 13.2. The predicted octanol–water partition coefficient (Wildman–Crippen LogP) is 4.08. The Morgan fingerprint density at radius 2 is 2.17 bits per heavy atom. The lowest BCUT2D eigenvalue weighted by atomic mass is 9.83. The van der Waals surface area contributed by atoms with E-state index in [1.54, 1.807) is 12.1 Å². The molecule has 0 spiro atoms. The van der Waals surface area contributed by atoms with Gasteiger partial charge in [0.2, 0.25) is 0 Å². The van der Waals surface area contributed by atoms with E-state index in [0.29, 0.717) is 12.0 Å². The Morgan fingerprint density at radius 3 is 2.89 bits per heavy atom. The summed E-state index contributed by atoms with van der Waals surface area (Å²) in [5.41, 5.74) is 0.974. The summed E-state index contributed by atoms with van der Waals surface area (Å²) in [4.78, 5) is 0.